The maximum atomic E-state index is 11.9. The van der Waals surface area contributed by atoms with Gasteiger partial charge in [0.05, 0.1) is 6.54 Å². The summed E-state index contributed by atoms with van der Waals surface area (Å²) in [7, 11) is 4.74. The summed E-state index contributed by atoms with van der Waals surface area (Å²) in [6.45, 7) is 0.225. The van der Waals surface area contributed by atoms with E-state index < -0.39 is 0 Å². The van der Waals surface area contributed by atoms with Crippen molar-refractivity contribution in [2.24, 2.45) is 26.9 Å². The Morgan fingerprint density at radius 1 is 1.12 bits per heavy atom. The summed E-state index contributed by atoms with van der Waals surface area (Å²) in [5, 5.41) is 0. The van der Waals surface area contributed by atoms with Crippen LogP contribution in [0, 0.1) is 0 Å². The van der Waals surface area contributed by atoms with E-state index in [4.69, 9.17) is 5.73 Å². The highest BCUT2D eigenvalue weighted by molar-refractivity contribution is 5.85. The maximum Gasteiger partial charge on any atom is 0.332 e. The number of imidazole rings is 1. The Bertz CT molecular complexity index is 681. The molecule has 0 atom stereocenters. The number of aryl methyl sites for hydroxylation is 2. The van der Waals surface area contributed by atoms with Gasteiger partial charge in [-0.05, 0) is 0 Å². The van der Waals surface area contributed by atoms with E-state index in [9.17, 15) is 9.59 Å². The van der Waals surface area contributed by atoms with E-state index in [-0.39, 0.29) is 30.2 Å². The fraction of sp³-hybridized carbons (Fsp3) is 0.444. The quantitative estimate of drug-likeness (QED) is 0.701. The third kappa shape index (κ3) is 1.67. The summed E-state index contributed by atoms with van der Waals surface area (Å²) in [5.41, 5.74) is 5.53. The zero-order valence-corrected chi connectivity index (χ0v) is 10.6. The number of fused-ring (bicyclic) bond motifs is 1. The molecule has 2 N–H and O–H groups in total. The maximum absolute atomic E-state index is 11.9. The highest BCUT2D eigenvalue weighted by Crippen LogP contribution is 2.07. The number of hydrogen-bond donors (Lipinski definition) is 1. The molecule has 0 aromatic carbocycles. The number of rotatable bonds is 1. The van der Waals surface area contributed by atoms with E-state index in [0.717, 1.165) is 4.57 Å². The number of nitrogens with two attached hydrogens (primary N) is 1. The van der Waals surface area contributed by atoms with Gasteiger partial charge < -0.3 is 10.3 Å². The smallest absolute Gasteiger partial charge is 0.324 e. The number of aromatic nitrogens is 4. The van der Waals surface area contributed by atoms with Gasteiger partial charge >= 0.3 is 5.69 Å². The number of nitrogens with zero attached hydrogens (tertiary/aromatic N) is 4. The molecule has 17 heavy (non-hydrogen) atoms. The lowest BCUT2D eigenvalue weighted by Crippen LogP contribution is -2.37. The second-order valence-electron chi connectivity index (χ2n) is 3.67. The molecule has 0 aliphatic heterocycles. The fourth-order valence-electron chi connectivity index (χ4n) is 1.75. The first-order valence-corrected chi connectivity index (χ1v) is 4.80. The monoisotopic (exact) mass is 259 g/mol. The van der Waals surface area contributed by atoms with Crippen LogP contribution in [-0.4, -0.2) is 18.7 Å². The van der Waals surface area contributed by atoms with Crippen molar-refractivity contribution >= 4 is 23.6 Å². The van der Waals surface area contributed by atoms with Crippen LogP contribution in [0.5, 0.6) is 0 Å². The molecule has 0 unspecified atom stereocenters. The van der Waals surface area contributed by atoms with Crippen molar-refractivity contribution in [3.8, 4) is 0 Å². The van der Waals surface area contributed by atoms with Gasteiger partial charge in [0.25, 0.3) is 5.56 Å². The van der Waals surface area contributed by atoms with Gasteiger partial charge in [0.1, 0.15) is 5.82 Å². The molecule has 7 nitrogen and oxygen atoms in total. The molecule has 0 spiro atoms. The summed E-state index contributed by atoms with van der Waals surface area (Å²) in [5.74, 6) is 0.577. The molecule has 0 aliphatic rings. The van der Waals surface area contributed by atoms with Crippen LogP contribution in [0.2, 0.25) is 0 Å². The van der Waals surface area contributed by atoms with Crippen LogP contribution in [0.1, 0.15) is 5.82 Å². The Kier molecular flexibility index (Phi) is 3.44. The minimum absolute atomic E-state index is 0. The summed E-state index contributed by atoms with van der Waals surface area (Å²) >= 11 is 0. The van der Waals surface area contributed by atoms with Gasteiger partial charge in [-0.1, -0.05) is 0 Å². The molecular formula is C9H14ClN5O2. The predicted octanol–water partition coefficient (Wildman–Crippen LogP) is -1.15. The fourth-order valence-corrected chi connectivity index (χ4v) is 1.75. The zero-order chi connectivity index (χ0) is 12.0. The standard InChI is InChI=1S/C9H13N5O2.ClH/c1-12-5(4-10)11-7-6(12)8(15)14(3)9(16)13(7)2;/h4,10H2,1-3H3;1H. The normalized spacial score (nSPS) is 10.6. The van der Waals surface area contributed by atoms with Gasteiger partial charge in [0.2, 0.25) is 0 Å². The molecule has 2 heterocycles. The van der Waals surface area contributed by atoms with Gasteiger partial charge in [-0.25, -0.2) is 9.78 Å². The summed E-state index contributed by atoms with van der Waals surface area (Å²) < 4.78 is 4.03. The third-order valence-electron chi connectivity index (χ3n) is 2.75. The lowest BCUT2D eigenvalue weighted by Gasteiger charge is -2.03. The number of hydrogen-bond acceptors (Lipinski definition) is 4. The first kappa shape index (κ1) is 13.5. The average molecular weight is 260 g/mol. The van der Waals surface area contributed by atoms with Gasteiger partial charge in [-0.15, -0.1) is 12.4 Å². The molecule has 8 heteroatoms. The van der Waals surface area contributed by atoms with E-state index in [1.54, 1.807) is 18.7 Å². The molecule has 2 rings (SSSR count). The van der Waals surface area contributed by atoms with Crippen molar-refractivity contribution < 1.29 is 0 Å². The zero-order valence-electron chi connectivity index (χ0n) is 9.80. The van der Waals surface area contributed by atoms with Crippen molar-refractivity contribution in [2.75, 3.05) is 0 Å². The topological polar surface area (TPSA) is 87.8 Å². The second kappa shape index (κ2) is 4.34. The Labute approximate surface area is 103 Å². The predicted molar refractivity (Wildman–Crippen MR) is 66.3 cm³/mol. The SMILES string of the molecule is Cl.Cn1c(=O)c2c(nc(CN)n2C)n(C)c1=O. The van der Waals surface area contributed by atoms with E-state index in [0.29, 0.717) is 17.0 Å². The Morgan fingerprint density at radius 2 is 1.71 bits per heavy atom. The molecule has 94 valence electrons. The summed E-state index contributed by atoms with van der Waals surface area (Å²) in [6, 6.07) is 0. The van der Waals surface area contributed by atoms with Gasteiger partial charge in [-0.3, -0.25) is 13.9 Å². The molecule has 0 aliphatic carbocycles. The molecular weight excluding hydrogens is 246 g/mol. The molecule has 0 radical (unpaired) electrons. The molecule has 0 amide bonds. The Balaban J connectivity index is 0.00000144. The molecule has 0 bridgehead atoms. The highest BCUT2D eigenvalue weighted by Gasteiger charge is 2.15. The van der Waals surface area contributed by atoms with Crippen LogP contribution in [0.3, 0.4) is 0 Å². The van der Waals surface area contributed by atoms with Gasteiger partial charge in [0.15, 0.2) is 11.2 Å². The first-order chi connectivity index (χ1) is 7.49. The van der Waals surface area contributed by atoms with Crippen molar-refractivity contribution in [3.63, 3.8) is 0 Å². The number of halogens is 1. The van der Waals surface area contributed by atoms with E-state index >= 15 is 0 Å². The Morgan fingerprint density at radius 3 is 2.24 bits per heavy atom. The van der Waals surface area contributed by atoms with Crippen molar-refractivity contribution in [1.82, 2.24) is 18.7 Å². The lowest BCUT2D eigenvalue weighted by atomic mass is 10.5. The van der Waals surface area contributed by atoms with E-state index in [1.165, 1.54) is 11.6 Å². The van der Waals surface area contributed by atoms with Crippen molar-refractivity contribution in [1.29, 1.82) is 0 Å². The lowest BCUT2D eigenvalue weighted by molar-refractivity contribution is 0.705. The molecule has 2 aromatic rings. The Hall–Kier alpha value is -1.60. The van der Waals surface area contributed by atoms with Crippen LogP contribution in [0.4, 0.5) is 0 Å². The highest BCUT2D eigenvalue weighted by atomic mass is 35.5. The van der Waals surface area contributed by atoms with Crippen molar-refractivity contribution in [2.45, 2.75) is 6.54 Å². The van der Waals surface area contributed by atoms with E-state index in [2.05, 4.69) is 4.98 Å². The van der Waals surface area contributed by atoms with E-state index in [1.807, 2.05) is 0 Å². The summed E-state index contributed by atoms with van der Waals surface area (Å²) in [6.07, 6.45) is 0. The minimum atomic E-state index is -0.390. The largest absolute Gasteiger partial charge is 0.332 e. The minimum Gasteiger partial charge on any atom is -0.324 e. The van der Waals surface area contributed by atoms with Crippen LogP contribution in [0.25, 0.3) is 11.2 Å². The van der Waals surface area contributed by atoms with Crippen LogP contribution in [-0.2, 0) is 27.7 Å². The molecule has 2 aromatic heterocycles. The van der Waals surface area contributed by atoms with Gasteiger partial charge in [0, 0.05) is 21.1 Å². The van der Waals surface area contributed by atoms with Crippen molar-refractivity contribution in [3.05, 3.63) is 26.7 Å². The second-order valence-corrected chi connectivity index (χ2v) is 3.67. The van der Waals surface area contributed by atoms with Crippen LogP contribution >= 0.6 is 12.4 Å². The molecule has 0 saturated carbocycles. The van der Waals surface area contributed by atoms with Crippen LogP contribution < -0.4 is 17.0 Å². The van der Waals surface area contributed by atoms with Gasteiger partial charge in [-0.2, -0.15) is 0 Å². The third-order valence-corrected chi connectivity index (χ3v) is 2.75. The first-order valence-electron chi connectivity index (χ1n) is 4.80. The van der Waals surface area contributed by atoms with Crippen LogP contribution in [0.15, 0.2) is 9.59 Å². The molecule has 0 saturated heterocycles. The molecule has 0 fully saturated rings. The summed E-state index contributed by atoms with van der Waals surface area (Å²) in [4.78, 5) is 27.7. The average Bonchev–Trinajstić information content (AvgIpc) is 2.61.